The fourth-order valence-electron chi connectivity index (χ4n) is 2.07. The van der Waals surface area contributed by atoms with Gasteiger partial charge in [0, 0.05) is 17.3 Å². The number of hydrogen-bond acceptors (Lipinski definition) is 5. The zero-order valence-corrected chi connectivity index (χ0v) is 12.2. The number of tetrazole rings is 1. The van der Waals surface area contributed by atoms with Gasteiger partial charge < -0.3 is 11.1 Å². The molecule has 2 aromatic carbocycles. The van der Waals surface area contributed by atoms with E-state index in [9.17, 15) is 14.0 Å². The normalized spacial score (nSPS) is 10.4. The van der Waals surface area contributed by atoms with Crippen LogP contribution in [-0.4, -0.2) is 32.0 Å². The first kappa shape index (κ1) is 15.3. The van der Waals surface area contributed by atoms with Gasteiger partial charge in [-0.3, -0.25) is 9.59 Å². The van der Waals surface area contributed by atoms with Crippen molar-refractivity contribution in [1.82, 2.24) is 20.2 Å². The van der Waals surface area contributed by atoms with Crippen LogP contribution in [0.1, 0.15) is 20.7 Å². The van der Waals surface area contributed by atoms with Gasteiger partial charge in [-0.05, 0) is 46.8 Å². The smallest absolute Gasteiger partial charge is 0.257 e. The summed E-state index contributed by atoms with van der Waals surface area (Å²) in [7, 11) is 0. The van der Waals surface area contributed by atoms with Gasteiger partial charge in [0.25, 0.3) is 5.91 Å². The van der Waals surface area contributed by atoms with Crippen LogP contribution < -0.4 is 11.1 Å². The third kappa shape index (κ3) is 3.09. The highest BCUT2D eigenvalue weighted by molar-refractivity contribution is 6.07. The Balaban J connectivity index is 1.89. The van der Waals surface area contributed by atoms with Gasteiger partial charge in [-0.15, -0.1) is 5.10 Å². The molecule has 0 bridgehead atoms. The van der Waals surface area contributed by atoms with Crippen LogP contribution in [0.25, 0.3) is 5.69 Å². The van der Waals surface area contributed by atoms with E-state index >= 15 is 0 Å². The Labute approximate surface area is 135 Å². The summed E-state index contributed by atoms with van der Waals surface area (Å²) in [5, 5.41) is 13.3. The van der Waals surface area contributed by atoms with Gasteiger partial charge in [-0.25, -0.2) is 4.39 Å². The van der Waals surface area contributed by atoms with Crippen molar-refractivity contribution in [3.63, 3.8) is 0 Å². The fraction of sp³-hybridized carbons (Fsp3) is 0. The van der Waals surface area contributed by atoms with Crippen molar-refractivity contribution in [2.75, 3.05) is 5.32 Å². The SMILES string of the molecule is NC(=O)c1ccc(NC(=O)c2ccc(F)cc2-n2cnnn2)cc1. The molecule has 0 fully saturated rings. The first-order valence-corrected chi connectivity index (χ1v) is 6.79. The number of primary amides is 1. The summed E-state index contributed by atoms with van der Waals surface area (Å²) in [6.07, 6.45) is 1.26. The van der Waals surface area contributed by atoms with E-state index in [4.69, 9.17) is 5.73 Å². The zero-order chi connectivity index (χ0) is 17.1. The molecule has 0 spiro atoms. The summed E-state index contributed by atoms with van der Waals surface area (Å²) in [5.74, 6) is -1.57. The summed E-state index contributed by atoms with van der Waals surface area (Å²) in [6, 6.07) is 9.71. The van der Waals surface area contributed by atoms with Gasteiger partial charge in [-0.2, -0.15) is 4.68 Å². The molecular formula is C15H11FN6O2. The minimum absolute atomic E-state index is 0.183. The Morgan fingerprint density at radius 3 is 2.50 bits per heavy atom. The van der Waals surface area contributed by atoms with E-state index in [-0.39, 0.29) is 11.3 Å². The molecule has 120 valence electrons. The van der Waals surface area contributed by atoms with E-state index in [2.05, 4.69) is 20.8 Å². The van der Waals surface area contributed by atoms with Gasteiger partial charge in [0.05, 0.1) is 11.3 Å². The average Bonchev–Trinajstić information content (AvgIpc) is 3.09. The number of carbonyl (C=O) groups excluding carboxylic acids is 2. The maximum atomic E-state index is 13.5. The summed E-state index contributed by atoms with van der Waals surface area (Å²) in [6.45, 7) is 0. The molecule has 0 radical (unpaired) electrons. The third-order valence-electron chi connectivity index (χ3n) is 3.23. The summed E-state index contributed by atoms with van der Waals surface area (Å²) in [4.78, 5) is 23.5. The number of anilines is 1. The molecule has 0 aliphatic carbocycles. The molecule has 8 nitrogen and oxygen atoms in total. The number of carbonyl (C=O) groups is 2. The van der Waals surface area contributed by atoms with Crippen molar-refractivity contribution in [2.24, 2.45) is 5.73 Å². The predicted molar refractivity (Wildman–Crippen MR) is 82.0 cm³/mol. The van der Waals surface area contributed by atoms with Gasteiger partial charge in [-0.1, -0.05) is 0 Å². The summed E-state index contributed by atoms with van der Waals surface area (Å²) >= 11 is 0. The van der Waals surface area contributed by atoms with E-state index in [0.717, 1.165) is 6.07 Å². The van der Waals surface area contributed by atoms with Crippen LogP contribution in [0.5, 0.6) is 0 Å². The zero-order valence-electron chi connectivity index (χ0n) is 12.2. The van der Waals surface area contributed by atoms with Crippen LogP contribution in [0.4, 0.5) is 10.1 Å². The quantitative estimate of drug-likeness (QED) is 0.746. The Morgan fingerprint density at radius 2 is 1.88 bits per heavy atom. The van der Waals surface area contributed by atoms with Gasteiger partial charge >= 0.3 is 0 Å². The third-order valence-corrected chi connectivity index (χ3v) is 3.23. The van der Waals surface area contributed by atoms with Gasteiger partial charge in [0.2, 0.25) is 5.91 Å². The van der Waals surface area contributed by atoms with Crippen LogP contribution in [0.15, 0.2) is 48.8 Å². The number of nitrogens with zero attached hydrogens (tertiary/aromatic N) is 4. The van der Waals surface area contributed by atoms with Crippen molar-refractivity contribution in [1.29, 1.82) is 0 Å². The van der Waals surface area contributed by atoms with Crippen molar-refractivity contribution in [3.8, 4) is 5.69 Å². The maximum Gasteiger partial charge on any atom is 0.257 e. The number of nitrogens with one attached hydrogen (secondary N) is 1. The lowest BCUT2D eigenvalue weighted by atomic mass is 10.1. The lowest BCUT2D eigenvalue weighted by Gasteiger charge is -2.10. The van der Waals surface area contributed by atoms with E-state index in [1.807, 2.05) is 0 Å². The van der Waals surface area contributed by atoms with Crippen LogP contribution in [-0.2, 0) is 0 Å². The number of halogens is 1. The van der Waals surface area contributed by atoms with Gasteiger partial charge in [0.1, 0.15) is 12.1 Å². The van der Waals surface area contributed by atoms with Crippen molar-refractivity contribution < 1.29 is 14.0 Å². The second kappa shape index (κ2) is 6.24. The molecule has 3 N–H and O–H groups in total. The molecule has 0 saturated heterocycles. The first-order chi connectivity index (χ1) is 11.5. The Kier molecular flexibility index (Phi) is 3.98. The molecule has 1 aromatic heterocycles. The van der Waals surface area contributed by atoms with Crippen LogP contribution in [0.2, 0.25) is 0 Å². The molecule has 2 amide bonds. The summed E-state index contributed by atoms with van der Waals surface area (Å²) in [5.41, 5.74) is 6.32. The molecule has 1 heterocycles. The van der Waals surface area contributed by atoms with E-state index in [1.165, 1.54) is 47.4 Å². The maximum absolute atomic E-state index is 13.5. The fourth-order valence-corrected chi connectivity index (χ4v) is 2.07. The highest BCUT2D eigenvalue weighted by Gasteiger charge is 2.15. The lowest BCUT2D eigenvalue weighted by molar-refractivity contribution is 0.0998. The standard InChI is InChI=1S/C15H11FN6O2/c16-10-3-6-12(13(7-10)22-8-18-20-21-22)15(24)19-11-4-1-9(2-5-11)14(17)23/h1-8H,(H2,17,23)(H,19,24). The molecule has 9 heteroatoms. The number of hydrogen-bond donors (Lipinski definition) is 2. The monoisotopic (exact) mass is 326 g/mol. The minimum Gasteiger partial charge on any atom is -0.366 e. The van der Waals surface area contributed by atoms with Crippen molar-refractivity contribution in [2.45, 2.75) is 0 Å². The number of benzene rings is 2. The highest BCUT2D eigenvalue weighted by Crippen LogP contribution is 2.18. The lowest BCUT2D eigenvalue weighted by Crippen LogP contribution is -2.16. The molecule has 3 rings (SSSR count). The van der Waals surface area contributed by atoms with Crippen molar-refractivity contribution in [3.05, 3.63) is 65.7 Å². The molecule has 24 heavy (non-hydrogen) atoms. The van der Waals surface area contributed by atoms with Crippen molar-refractivity contribution >= 4 is 17.5 Å². The Hall–Kier alpha value is -3.62. The first-order valence-electron chi connectivity index (χ1n) is 6.79. The van der Waals surface area contributed by atoms with Crippen LogP contribution in [0, 0.1) is 5.82 Å². The second-order valence-electron chi connectivity index (χ2n) is 4.81. The second-order valence-corrected chi connectivity index (χ2v) is 4.81. The molecule has 3 aromatic rings. The number of amides is 2. The number of aromatic nitrogens is 4. The van der Waals surface area contributed by atoms with E-state index in [1.54, 1.807) is 0 Å². The van der Waals surface area contributed by atoms with E-state index in [0.29, 0.717) is 11.3 Å². The van der Waals surface area contributed by atoms with Crippen LogP contribution in [0.3, 0.4) is 0 Å². The van der Waals surface area contributed by atoms with Crippen LogP contribution >= 0.6 is 0 Å². The molecule has 0 aliphatic heterocycles. The molecule has 0 saturated carbocycles. The van der Waals surface area contributed by atoms with Gasteiger partial charge in [0.15, 0.2) is 0 Å². The minimum atomic E-state index is -0.563. The molecule has 0 atom stereocenters. The average molecular weight is 326 g/mol. The predicted octanol–water partition coefficient (Wildman–Crippen LogP) is 1.15. The Bertz CT molecular complexity index is 893. The molecular weight excluding hydrogens is 315 g/mol. The topological polar surface area (TPSA) is 116 Å². The highest BCUT2D eigenvalue weighted by atomic mass is 19.1. The number of rotatable bonds is 4. The molecule has 0 unspecified atom stereocenters. The van der Waals surface area contributed by atoms with E-state index < -0.39 is 17.6 Å². The largest absolute Gasteiger partial charge is 0.366 e. The molecule has 0 aliphatic rings. The number of nitrogens with two attached hydrogens (primary N) is 1. The Morgan fingerprint density at radius 1 is 1.12 bits per heavy atom. The summed E-state index contributed by atoms with van der Waals surface area (Å²) < 4.78 is 14.7.